The third kappa shape index (κ3) is 9.12. The van der Waals surface area contributed by atoms with Gasteiger partial charge < -0.3 is 20.1 Å². The van der Waals surface area contributed by atoms with Crippen molar-refractivity contribution in [2.24, 2.45) is 4.99 Å². The fourth-order valence-electron chi connectivity index (χ4n) is 2.79. The molecule has 0 atom stereocenters. The molecule has 1 heterocycles. The van der Waals surface area contributed by atoms with E-state index < -0.39 is 0 Å². The largest absolute Gasteiger partial charge is 0.488 e. The summed E-state index contributed by atoms with van der Waals surface area (Å²) in [6, 6.07) is 6.32. The van der Waals surface area contributed by atoms with Gasteiger partial charge in [-0.2, -0.15) is 0 Å². The van der Waals surface area contributed by atoms with Gasteiger partial charge in [0.1, 0.15) is 11.4 Å². The second-order valence-corrected chi connectivity index (χ2v) is 7.63. The number of aryl methyl sites for hydroxylation is 1. The van der Waals surface area contributed by atoms with Gasteiger partial charge in [0.05, 0.1) is 13.2 Å². The monoisotopic (exact) mass is 490 g/mol. The van der Waals surface area contributed by atoms with Crippen LogP contribution < -0.4 is 15.4 Å². The molecular weight excluding hydrogens is 455 g/mol. The summed E-state index contributed by atoms with van der Waals surface area (Å²) in [5.41, 5.74) is 2.10. The summed E-state index contributed by atoms with van der Waals surface area (Å²) in [6.07, 6.45) is 0. The van der Waals surface area contributed by atoms with E-state index in [9.17, 15) is 0 Å². The highest BCUT2D eigenvalue weighted by molar-refractivity contribution is 14.0. The fourth-order valence-corrected chi connectivity index (χ4v) is 2.79. The molecule has 2 rings (SSSR count). The number of nitrogens with zero attached hydrogens (tertiary/aromatic N) is 2. The molecule has 6 nitrogen and oxygen atoms in total. The average molecular weight is 490 g/mol. The van der Waals surface area contributed by atoms with Crippen LogP contribution in [0.15, 0.2) is 23.2 Å². The lowest BCUT2D eigenvalue weighted by Crippen LogP contribution is -2.44. The zero-order chi connectivity index (χ0) is 19.0. The predicted octanol–water partition coefficient (Wildman–Crippen LogP) is 2.79. The molecule has 1 fully saturated rings. The van der Waals surface area contributed by atoms with Crippen molar-refractivity contribution in [1.82, 2.24) is 15.5 Å². The van der Waals surface area contributed by atoms with E-state index in [0.29, 0.717) is 6.54 Å². The summed E-state index contributed by atoms with van der Waals surface area (Å²) >= 11 is 0. The highest BCUT2D eigenvalue weighted by Gasteiger charge is 2.15. The molecule has 0 aromatic heterocycles. The van der Waals surface area contributed by atoms with Gasteiger partial charge >= 0.3 is 0 Å². The molecule has 0 bridgehead atoms. The maximum atomic E-state index is 6.12. The van der Waals surface area contributed by atoms with E-state index in [4.69, 9.17) is 9.47 Å². The second-order valence-electron chi connectivity index (χ2n) is 7.63. The molecule has 154 valence electrons. The highest BCUT2D eigenvalue weighted by atomic mass is 127. The summed E-state index contributed by atoms with van der Waals surface area (Å²) in [4.78, 5) is 6.72. The van der Waals surface area contributed by atoms with Crippen LogP contribution in [0, 0.1) is 6.92 Å². The van der Waals surface area contributed by atoms with E-state index in [-0.39, 0.29) is 29.6 Å². The summed E-state index contributed by atoms with van der Waals surface area (Å²) in [5, 5.41) is 6.77. The number of morpholine rings is 1. The Balaban J connectivity index is 0.00000364. The SMILES string of the molecule is CN=C(NCCN1CCOCC1)NCc1ccc(C)cc1OC(C)(C)C.I. The second kappa shape index (κ2) is 11.7. The van der Waals surface area contributed by atoms with Crippen LogP contribution in [0.25, 0.3) is 0 Å². The van der Waals surface area contributed by atoms with Crippen LogP contribution in [0.2, 0.25) is 0 Å². The minimum Gasteiger partial charge on any atom is -0.488 e. The number of halogens is 1. The fraction of sp³-hybridized carbons (Fsp3) is 0.650. The lowest BCUT2D eigenvalue weighted by atomic mass is 10.1. The molecule has 1 aromatic carbocycles. The molecule has 0 spiro atoms. The molecule has 2 N–H and O–H groups in total. The standard InChI is InChI=1S/C20H34N4O2.HI/c1-16-6-7-17(18(14-16)26-20(2,3)4)15-23-19(21-5)22-8-9-24-10-12-25-13-11-24;/h6-7,14H,8-13,15H2,1-5H3,(H2,21,22,23);1H. The zero-order valence-corrected chi connectivity index (χ0v) is 19.6. The van der Waals surface area contributed by atoms with Crippen LogP contribution in [0.5, 0.6) is 5.75 Å². The highest BCUT2D eigenvalue weighted by Crippen LogP contribution is 2.24. The normalized spacial score (nSPS) is 15.8. The van der Waals surface area contributed by atoms with Crippen molar-refractivity contribution in [3.05, 3.63) is 29.3 Å². The smallest absolute Gasteiger partial charge is 0.191 e. The molecule has 0 radical (unpaired) electrons. The van der Waals surface area contributed by atoms with Gasteiger partial charge in [-0.1, -0.05) is 12.1 Å². The number of aliphatic imine (C=N–C) groups is 1. The molecule has 0 amide bonds. The van der Waals surface area contributed by atoms with Crippen molar-refractivity contribution in [3.8, 4) is 5.75 Å². The van der Waals surface area contributed by atoms with E-state index in [1.807, 2.05) is 0 Å². The summed E-state index contributed by atoms with van der Waals surface area (Å²) in [7, 11) is 1.80. The number of hydrogen-bond acceptors (Lipinski definition) is 4. The number of guanidine groups is 1. The van der Waals surface area contributed by atoms with Gasteiger partial charge in [-0.25, -0.2) is 0 Å². The first-order valence-corrected chi connectivity index (χ1v) is 9.40. The van der Waals surface area contributed by atoms with E-state index >= 15 is 0 Å². The van der Waals surface area contributed by atoms with E-state index in [1.54, 1.807) is 7.05 Å². The van der Waals surface area contributed by atoms with Crippen LogP contribution in [0.3, 0.4) is 0 Å². The van der Waals surface area contributed by atoms with Crippen LogP contribution in [-0.4, -0.2) is 62.9 Å². The Bertz CT molecular complexity index is 596. The van der Waals surface area contributed by atoms with Gasteiger partial charge in [0.2, 0.25) is 0 Å². The topological polar surface area (TPSA) is 58.1 Å². The molecule has 27 heavy (non-hydrogen) atoms. The average Bonchev–Trinajstić information content (AvgIpc) is 2.59. The summed E-state index contributed by atoms with van der Waals surface area (Å²) in [6.45, 7) is 14.5. The van der Waals surface area contributed by atoms with Crippen LogP contribution in [0.1, 0.15) is 31.9 Å². The Kier molecular flexibility index (Phi) is 10.4. The number of rotatable bonds is 6. The Labute approximate surface area is 181 Å². The minimum atomic E-state index is -0.222. The molecule has 0 saturated carbocycles. The van der Waals surface area contributed by atoms with Gasteiger partial charge in [-0.05, 0) is 39.3 Å². The molecule has 0 unspecified atom stereocenters. The van der Waals surface area contributed by atoms with Gasteiger partial charge in [0, 0.05) is 45.3 Å². The quantitative estimate of drug-likeness (QED) is 0.365. The number of ether oxygens (including phenoxy) is 2. The maximum Gasteiger partial charge on any atom is 0.191 e. The maximum absolute atomic E-state index is 6.12. The van der Waals surface area contributed by atoms with E-state index in [2.05, 4.69) is 66.4 Å². The molecule has 1 saturated heterocycles. The lowest BCUT2D eigenvalue weighted by molar-refractivity contribution is 0.0389. The van der Waals surface area contributed by atoms with Crippen molar-refractivity contribution in [3.63, 3.8) is 0 Å². The van der Waals surface area contributed by atoms with Crippen LogP contribution >= 0.6 is 24.0 Å². The van der Waals surface area contributed by atoms with E-state index in [1.165, 1.54) is 5.56 Å². The van der Waals surface area contributed by atoms with Crippen LogP contribution in [-0.2, 0) is 11.3 Å². The molecular formula is C20H35IN4O2. The molecule has 1 aromatic rings. The zero-order valence-electron chi connectivity index (χ0n) is 17.3. The van der Waals surface area contributed by atoms with Crippen molar-refractivity contribution in [2.45, 2.75) is 39.8 Å². The third-order valence-electron chi connectivity index (χ3n) is 4.13. The Hall–Kier alpha value is -1.06. The van der Waals surface area contributed by atoms with Crippen molar-refractivity contribution in [2.75, 3.05) is 46.4 Å². The predicted molar refractivity (Wildman–Crippen MR) is 122 cm³/mol. The first kappa shape index (κ1) is 24.0. The molecule has 7 heteroatoms. The summed E-state index contributed by atoms with van der Waals surface area (Å²) < 4.78 is 11.5. The van der Waals surface area contributed by atoms with Crippen molar-refractivity contribution in [1.29, 1.82) is 0 Å². The van der Waals surface area contributed by atoms with Gasteiger partial charge in [0.15, 0.2) is 5.96 Å². The minimum absolute atomic E-state index is 0. The van der Waals surface area contributed by atoms with Gasteiger partial charge in [-0.3, -0.25) is 9.89 Å². The lowest BCUT2D eigenvalue weighted by Gasteiger charge is -2.27. The van der Waals surface area contributed by atoms with Crippen LogP contribution in [0.4, 0.5) is 0 Å². The Morgan fingerprint density at radius 3 is 2.56 bits per heavy atom. The Morgan fingerprint density at radius 2 is 1.93 bits per heavy atom. The molecule has 0 aliphatic carbocycles. The van der Waals surface area contributed by atoms with Gasteiger partial charge in [-0.15, -0.1) is 24.0 Å². The van der Waals surface area contributed by atoms with Gasteiger partial charge in [0.25, 0.3) is 0 Å². The third-order valence-corrected chi connectivity index (χ3v) is 4.13. The summed E-state index contributed by atoms with van der Waals surface area (Å²) in [5.74, 6) is 1.73. The number of benzene rings is 1. The van der Waals surface area contributed by atoms with E-state index in [0.717, 1.165) is 56.7 Å². The van der Waals surface area contributed by atoms with Crippen molar-refractivity contribution < 1.29 is 9.47 Å². The van der Waals surface area contributed by atoms with Crippen molar-refractivity contribution >= 4 is 29.9 Å². The number of nitrogens with one attached hydrogen (secondary N) is 2. The number of hydrogen-bond donors (Lipinski definition) is 2. The Morgan fingerprint density at radius 1 is 1.22 bits per heavy atom. The first-order valence-electron chi connectivity index (χ1n) is 9.40. The first-order chi connectivity index (χ1) is 12.4. The molecule has 1 aliphatic heterocycles. The molecule has 1 aliphatic rings.